The lowest BCUT2D eigenvalue weighted by molar-refractivity contribution is 0.571. The van der Waals surface area contributed by atoms with Gasteiger partial charge in [-0.1, -0.05) is 33.6 Å². The Labute approximate surface area is 112 Å². The quantitative estimate of drug-likeness (QED) is 0.875. The summed E-state index contributed by atoms with van der Waals surface area (Å²) in [4.78, 5) is 3.35. The highest BCUT2D eigenvalue weighted by atomic mass is 79.9. The normalized spacial score (nSPS) is 11.2. The van der Waals surface area contributed by atoms with E-state index in [4.69, 9.17) is 11.6 Å². The van der Waals surface area contributed by atoms with E-state index in [2.05, 4.69) is 31.3 Å². The Kier molecular flexibility index (Phi) is 3.91. The maximum absolute atomic E-state index is 5.99. The Morgan fingerprint density at radius 3 is 2.94 bits per heavy atom. The molecule has 0 bridgehead atoms. The monoisotopic (exact) mass is 312 g/mol. The molecule has 1 aromatic carbocycles. The van der Waals surface area contributed by atoms with Crippen molar-refractivity contribution in [3.63, 3.8) is 0 Å². The van der Waals surface area contributed by atoms with Crippen LogP contribution in [0.2, 0.25) is 5.02 Å². The number of hydrogen-bond donors (Lipinski definition) is 0. The minimum Gasteiger partial charge on any atom is -0.160 e. The smallest absolute Gasteiger partial charge is 0.160 e. The molecule has 0 radical (unpaired) electrons. The third-order valence-electron chi connectivity index (χ3n) is 2.21. The minimum atomic E-state index is 0.550. The second-order valence-corrected chi connectivity index (χ2v) is 4.47. The molecule has 0 unspecified atom stereocenters. The van der Waals surface area contributed by atoms with Gasteiger partial charge in [0, 0.05) is 5.02 Å². The number of tetrazole rings is 1. The van der Waals surface area contributed by atoms with Gasteiger partial charge in [0.15, 0.2) is 5.82 Å². The molecule has 4 nitrogen and oxygen atoms in total. The molecule has 0 N–H and O–H groups in total. The van der Waals surface area contributed by atoms with Crippen molar-refractivity contribution < 1.29 is 0 Å². The molecule has 0 aliphatic carbocycles. The van der Waals surface area contributed by atoms with Gasteiger partial charge in [0.2, 0.25) is 0 Å². The Balaban J connectivity index is 2.33. The van der Waals surface area contributed by atoms with E-state index in [1.54, 1.807) is 16.7 Å². The number of aromatic nitrogens is 4. The molecular formula is C11H10BrClN4. The third-order valence-corrected chi connectivity index (χ3v) is 2.71. The van der Waals surface area contributed by atoms with Crippen LogP contribution in [0.5, 0.6) is 0 Å². The zero-order chi connectivity index (χ0) is 12.3. The number of nitrogens with zero attached hydrogens (tertiary/aromatic N) is 4. The van der Waals surface area contributed by atoms with Crippen molar-refractivity contribution in [3.8, 4) is 0 Å². The topological polar surface area (TPSA) is 43.6 Å². The van der Waals surface area contributed by atoms with Crippen molar-refractivity contribution >= 4 is 33.6 Å². The Hall–Kier alpha value is -1.20. The highest BCUT2D eigenvalue weighted by Crippen LogP contribution is 2.18. The van der Waals surface area contributed by atoms with Gasteiger partial charge in [-0.2, -0.15) is 4.80 Å². The van der Waals surface area contributed by atoms with Crippen LogP contribution >= 0.6 is 27.5 Å². The molecular weight excluding hydrogens is 304 g/mol. The first-order valence-electron chi connectivity index (χ1n) is 4.98. The van der Waals surface area contributed by atoms with Gasteiger partial charge in [0.05, 0.1) is 6.54 Å². The Bertz CT molecular complexity index is 550. The van der Waals surface area contributed by atoms with E-state index in [9.17, 15) is 0 Å². The highest BCUT2D eigenvalue weighted by molar-refractivity contribution is 9.11. The fourth-order valence-corrected chi connectivity index (χ4v) is 1.96. The van der Waals surface area contributed by atoms with Crippen molar-refractivity contribution in [1.29, 1.82) is 0 Å². The maximum atomic E-state index is 5.99. The number of rotatable bonds is 3. The van der Waals surface area contributed by atoms with Gasteiger partial charge >= 0.3 is 0 Å². The molecule has 2 rings (SSSR count). The SMILES string of the molecule is Cc1nnn(Cc2cc(Cl)ccc2/C=C/Br)n1. The van der Waals surface area contributed by atoms with Crippen molar-refractivity contribution in [1.82, 2.24) is 20.2 Å². The molecule has 1 aromatic heterocycles. The van der Waals surface area contributed by atoms with Gasteiger partial charge in [-0.15, -0.1) is 10.2 Å². The summed E-state index contributed by atoms with van der Waals surface area (Å²) in [6.45, 7) is 2.36. The number of benzene rings is 1. The molecule has 0 spiro atoms. The average molecular weight is 314 g/mol. The van der Waals surface area contributed by atoms with Crippen LogP contribution in [0.15, 0.2) is 23.2 Å². The predicted molar refractivity (Wildman–Crippen MR) is 71.1 cm³/mol. The molecule has 0 fully saturated rings. The number of hydrogen-bond acceptors (Lipinski definition) is 3. The van der Waals surface area contributed by atoms with Crippen LogP contribution in [0.4, 0.5) is 0 Å². The zero-order valence-electron chi connectivity index (χ0n) is 9.14. The maximum Gasteiger partial charge on any atom is 0.171 e. The van der Waals surface area contributed by atoms with Crippen LogP contribution < -0.4 is 0 Å². The molecule has 6 heteroatoms. The molecule has 1 heterocycles. The van der Waals surface area contributed by atoms with Crippen LogP contribution in [-0.4, -0.2) is 20.2 Å². The number of halogens is 2. The van der Waals surface area contributed by atoms with E-state index in [0.717, 1.165) is 11.1 Å². The van der Waals surface area contributed by atoms with Gasteiger partial charge < -0.3 is 0 Å². The van der Waals surface area contributed by atoms with E-state index < -0.39 is 0 Å². The molecule has 0 saturated heterocycles. The summed E-state index contributed by atoms with van der Waals surface area (Å²) in [7, 11) is 0. The second-order valence-electron chi connectivity index (χ2n) is 3.50. The summed E-state index contributed by atoms with van der Waals surface area (Å²) in [5, 5.41) is 12.6. The van der Waals surface area contributed by atoms with Crippen LogP contribution in [0.25, 0.3) is 6.08 Å². The fourth-order valence-electron chi connectivity index (χ4n) is 1.48. The number of aryl methyl sites for hydroxylation is 1. The molecule has 88 valence electrons. The molecule has 2 aromatic rings. The van der Waals surface area contributed by atoms with Crippen LogP contribution in [0.3, 0.4) is 0 Å². The first-order valence-corrected chi connectivity index (χ1v) is 6.28. The van der Waals surface area contributed by atoms with Gasteiger partial charge in [0.25, 0.3) is 0 Å². The van der Waals surface area contributed by atoms with Gasteiger partial charge in [0.1, 0.15) is 0 Å². The lowest BCUT2D eigenvalue weighted by Crippen LogP contribution is -2.05. The molecule has 0 saturated carbocycles. The molecule has 0 atom stereocenters. The first kappa shape index (κ1) is 12.3. The summed E-state index contributed by atoms with van der Waals surface area (Å²) in [6.07, 6.45) is 1.95. The van der Waals surface area contributed by atoms with Gasteiger partial charge in [-0.25, -0.2) is 0 Å². The van der Waals surface area contributed by atoms with Crippen molar-refractivity contribution in [2.24, 2.45) is 0 Å². The lowest BCUT2D eigenvalue weighted by Gasteiger charge is -2.05. The van der Waals surface area contributed by atoms with E-state index in [-0.39, 0.29) is 0 Å². The molecule has 17 heavy (non-hydrogen) atoms. The van der Waals surface area contributed by atoms with Gasteiger partial charge in [-0.3, -0.25) is 0 Å². The highest BCUT2D eigenvalue weighted by Gasteiger charge is 2.04. The van der Waals surface area contributed by atoms with Crippen LogP contribution in [0.1, 0.15) is 17.0 Å². The minimum absolute atomic E-state index is 0.550. The summed E-state index contributed by atoms with van der Waals surface area (Å²) < 4.78 is 0. The van der Waals surface area contributed by atoms with E-state index in [0.29, 0.717) is 17.4 Å². The molecule has 0 aliphatic heterocycles. The van der Waals surface area contributed by atoms with Crippen LogP contribution in [0, 0.1) is 6.92 Å². The van der Waals surface area contributed by atoms with Crippen molar-refractivity contribution in [2.75, 3.05) is 0 Å². The third kappa shape index (κ3) is 3.14. The molecule has 0 aliphatic rings. The zero-order valence-corrected chi connectivity index (χ0v) is 11.5. The van der Waals surface area contributed by atoms with Gasteiger partial charge in [-0.05, 0) is 46.5 Å². The fraction of sp³-hybridized carbons (Fsp3) is 0.182. The average Bonchev–Trinajstić information content (AvgIpc) is 2.68. The lowest BCUT2D eigenvalue weighted by atomic mass is 10.1. The molecule has 0 amide bonds. The summed E-state index contributed by atoms with van der Waals surface area (Å²) in [5.41, 5.74) is 2.12. The predicted octanol–water partition coefficient (Wildman–Crippen LogP) is 3.05. The standard InChI is InChI=1S/C11H10BrClN4/c1-8-14-16-17(15-8)7-10-6-11(13)3-2-9(10)4-5-12/h2-6H,7H2,1H3/b5-4+. The summed E-state index contributed by atoms with van der Waals surface area (Å²) in [5.74, 6) is 0.657. The summed E-state index contributed by atoms with van der Waals surface area (Å²) >= 11 is 9.25. The van der Waals surface area contributed by atoms with Crippen molar-refractivity contribution in [3.05, 3.63) is 45.2 Å². The van der Waals surface area contributed by atoms with E-state index >= 15 is 0 Å². The summed E-state index contributed by atoms with van der Waals surface area (Å²) in [6, 6.07) is 5.72. The van der Waals surface area contributed by atoms with Crippen LogP contribution in [-0.2, 0) is 6.54 Å². The van der Waals surface area contributed by atoms with E-state index in [1.165, 1.54) is 0 Å². The Morgan fingerprint density at radius 2 is 2.29 bits per heavy atom. The first-order chi connectivity index (χ1) is 8.19. The van der Waals surface area contributed by atoms with Crippen molar-refractivity contribution in [2.45, 2.75) is 13.5 Å². The Morgan fingerprint density at radius 1 is 1.47 bits per heavy atom. The van der Waals surface area contributed by atoms with E-state index in [1.807, 2.05) is 24.3 Å². The largest absolute Gasteiger partial charge is 0.171 e. The second kappa shape index (κ2) is 5.42.